The fourth-order valence-electron chi connectivity index (χ4n) is 2.40. The lowest BCUT2D eigenvalue weighted by Crippen LogP contribution is -2.15. The van der Waals surface area contributed by atoms with E-state index in [1.54, 1.807) is 0 Å². The first-order valence-corrected chi connectivity index (χ1v) is 6.01. The molecule has 0 aliphatic carbocycles. The zero-order valence-corrected chi connectivity index (χ0v) is 10.8. The summed E-state index contributed by atoms with van der Waals surface area (Å²) < 4.78 is 49.5. The predicted octanol–water partition coefficient (Wildman–Crippen LogP) is 2.80. The van der Waals surface area contributed by atoms with Crippen molar-refractivity contribution in [2.24, 2.45) is 0 Å². The molecule has 0 spiro atoms. The van der Waals surface area contributed by atoms with E-state index in [9.17, 15) is 13.2 Å². The molecule has 1 atom stereocenters. The Labute approximate surface area is 109 Å². The smallest absolute Gasteiger partial charge is 0.416 e. The van der Waals surface area contributed by atoms with Crippen LogP contribution in [-0.4, -0.2) is 27.3 Å². The van der Waals surface area contributed by atoms with E-state index in [0.29, 0.717) is 18.7 Å². The third-order valence-electron chi connectivity index (χ3n) is 3.36. The number of alkyl halides is 3. The maximum Gasteiger partial charge on any atom is 0.416 e. The van der Waals surface area contributed by atoms with Gasteiger partial charge in [-0.05, 0) is 36.6 Å². The Hall–Kier alpha value is -1.43. The van der Waals surface area contributed by atoms with Crippen LogP contribution < -0.4 is 14.8 Å². The Morgan fingerprint density at radius 1 is 1.16 bits per heavy atom. The summed E-state index contributed by atoms with van der Waals surface area (Å²) in [6.07, 6.45) is -3.70. The maximum absolute atomic E-state index is 13.1. The summed E-state index contributed by atoms with van der Waals surface area (Å²) in [4.78, 5) is 0. The fraction of sp³-hybridized carbons (Fsp3) is 0.538. The SMILES string of the molecule is COc1cc(C2CCNC2)c(C(F)(F)F)cc1OC. The van der Waals surface area contributed by atoms with Crippen molar-refractivity contribution in [1.29, 1.82) is 0 Å². The minimum Gasteiger partial charge on any atom is -0.493 e. The highest BCUT2D eigenvalue weighted by molar-refractivity contribution is 5.50. The number of halogens is 3. The van der Waals surface area contributed by atoms with Gasteiger partial charge in [0.25, 0.3) is 0 Å². The topological polar surface area (TPSA) is 30.5 Å². The summed E-state index contributed by atoms with van der Waals surface area (Å²) >= 11 is 0. The zero-order valence-electron chi connectivity index (χ0n) is 10.8. The molecule has 1 saturated heterocycles. The van der Waals surface area contributed by atoms with Crippen molar-refractivity contribution >= 4 is 0 Å². The first kappa shape index (κ1) is 14.0. The van der Waals surface area contributed by atoms with Crippen LogP contribution in [0, 0.1) is 0 Å². The molecule has 1 heterocycles. The predicted molar refractivity (Wildman–Crippen MR) is 64.8 cm³/mol. The van der Waals surface area contributed by atoms with Crippen molar-refractivity contribution in [1.82, 2.24) is 5.32 Å². The number of nitrogens with one attached hydrogen (secondary N) is 1. The van der Waals surface area contributed by atoms with Gasteiger partial charge in [0.2, 0.25) is 0 Å². The minimum atomic E-state index is -4.39. The molecule has 2 rings (SSSR count). The van der Waals surface area contributed by atoms with Crippen LogP contribution in [0.25, 0.3) is 0 Å². The molecule has 0 amide bonds. The lowest BCUT2D eigenvalue weighted by atomic mass is 9.92. The Morgan fingerprint density at radius 2 is 1.79 bits per heavy atom. The summed E-state index contributed by atoms with van der Waals surface area (Å²) in [5.41, 5.74) is -0.367. The first-order chi connectivity index (χ1) is 8.97. The largest absolute Gasteiger partial charge is 0.493 e. The molecule has 1 aromatic rings. The van der Waals surface area contributed by atoms with Crippen LogP contribution in [0.2, 0.25) is 0 Å². The maximum atomic E-state index is 13.1. The van der Waals surface area contributed by atoms with Gasteiger partial charge in [0.05, 0.1) is 19.8 Å². The van der Waals surface area contributed by atoms with Crippen molar-refractivity contribution in [2.75, 3.05) is 27.3 Å². The molecule has 19 heavy (non-hydrogen) atoms. The number of methoxy groups -OCH3 is 2. The summed E-state index contributed by atoms with van der Waals surface area (Å²) in [5, 5.41) is 3.08. The molecular weight excluding hydrogens is 259 g/mol. The molecule has 0 radical (unpaired) electrons. The van der Waals surface area contributed by atoms with Gasteiger partial charge in [0.1, 0.15) is 0 Å². The quantitative estimate of drug-likeness (QED) is 0.920. The van der Waals surface area contributed by atoms with Gasteiger partial charge in [-0.1, -0.05) is 0 Å². The van der Waals surface area contributed by atoms with Crippen molar-refractivity contribution in [3.63, 3.8) is 0 Å². The van der Waals surface area contributed by atoms with Gasteiger partial charge in [-0.2, -0.15) is 13.2 Å². The van der Waals surface area contributed by atoms with Crippen LogP contribution in [0.3, 0.4) is 0 Å². The molecule has 1 N–H and O–H groups in total. The molecule has 0 aromatic heterocycles. The Morgan fingerprint density at radius 3 is 2.26 bits per heavy atom. The highest BCUT2D eigenvalue weighted by Gasteiger charge is 2.37. The van der Waals surface area contributed by atoms with E-state index in [4.69, 9.17) is 9.47 Å². The van der Waals surface area contributed by atoms with E-state index in [1.807, 2.05) is 0 Å². The molecule has 1 unspecified atom stereocenters. The number of benzene rings is 1. The Balaban J connectivity index is 2.54. The van der Waals surface area contributed by atoms with Crippen molar-refractivity contribution < 1.29 is 22.6 Å². The van der Waals surface area contributed by atoms with E-state index >= 15 is 0 Å². The van der Waals surface area contributed by atoms with Crippen LogP contribution in [0.4, 0.5) is 13.2 Å². The van der Waals surface area contributed by atoms with Gasteiger partial charge >= 0.3 is 6.18 Å². The third kappa shape index (κ3) is 2.78. The van der Waals surface area contributed by atoms with E-state index in [2.05, 4.69) is 5.32 Å². The van der Waals surface area contributed by atoms with Crippen LogP contribution in [-0.2, 0) is 6.18 Å². The highest BCUT2D eigenvalue weighted by atomic mass is 19.4. The zero-order chi connectivity index (χ0) is 14.0. The first-order valence-electron chi connectivity index (χ1n) is 6.01. The lowest BCUT2D eigenvalue weighted by molar-refractivity contribution is -0.138. The highest BCUT2D eigenvalue weighted by Crippen LogP contribution is 2.42. The van der Waals surface area contributed by atoms with Gasteiger partial charge < -0.3 is 14.8 Å². The average Bonchev–Trinajstić information content (AvgIpc) is 2.89. The molecule has 6 heteroatoms. The second-order valence-corrected chi connectivity index (χ2v) is 4.48. The third-order valence-corrected chi connectivity index (χ3v) is 3.36. The van der Waals surface area contributed by atoms with Gasteiger partial charge in [0.15, 0.2) is 11.5 Å². The molecular formula is C13H16F3NO2. The van der Waals surface area contributed by atoms with Crippen molar-refractivity contribution in [2.45, 2.75) is 18.5 Å². The molecule has 1 fully saturated rings. The second kappa shape index (κ2) is 5.28. The standard InChI is InChI=1S/C13H16F3NO2/c1-18-11-5-9(8-3-4-17-7-8)10(13(14,15)16)6-12(11)19-2/h5-6,8,17H,3-4,7H2,1-2H3. The summed E-state index contributed by atoms with van der Waals surface area (Å²) in [7, 11) is 2.75. The molecule has 0 bridgehead atoms. The normalized spacial score (nSPS) is 19.5. The van der Waals surface area contributed by atoms with E-state index < -0.39 is 11.7 Å². The number of hydrogen-bond acceptors (Lipinski definition) is 3. The average molecular weight is 275 g/mol. The summed E-state index contributed by atoms with van der Waals surface area (Å²) in [5.74, 6) is 0.290. The van der Waals surface area contributed by atoms with Gasteiger partial charge in [-0.25, -0.2) is 0 Å². The fourth-order valence-corrected chi connectivity index (χ4v) is 2.40. The molecule has 1 aliphatic rings. The molecule has 1 aromatic carbocycles. The van der Waals surface area contributed by atoms with Crippen molar-refractivity contribution in [3.05, 3.63) is 23.3 Å². The number of hydrogen-bond donors (Lipinski definition) is 1. The van der Waals surface area contributed by atoms with E-state index in [-0.39, 0.29) is 17.2 Å². The Kier molecular flexibility index (Phi) is 3.89. The summed E-state index contributed by atoms with van der Waals surface area (Å²) in [6, 6.07) is 2.46. The lowest BCUT2D eigenvalue weighted by Gasteiger charge is -2.20. The molecule has 106 valence electrons. The summed E-state index contributed by atoms with van der Waals surface area (Å²) in [6.45, 7) is 1.29. The van der Waals surface area contributed by atoms with Gasteiger partial charge in [-0.15, -0.1) is 0 Å². The van der Waals surface area contributed by atoms with Crippen LogP contribution in [0.15, 0.2) is 12.1 Å². The number of ether oxygens (including phenoxy) is 2. The molecule has 1 aliphatic heterocycles. The Bertz CT molecular complexity index is 454. The van der Waals surface area contributed by atoms with E-state index in [0.717, 1.165) is 12.6 Å². The second-order valence-electron chi connectivity index (χ2n) is 4.48. The molecule has 0 saturated carbocycles. The monoisotopic (exact) mass is 275 g/mol. The van der Waals surface area contributed by atoms with Crippen LogP contribution in [0.5, 0.6) is 11.5 Å². The van der Waals surface area contributed by atoms with Gasteiger partial charge in [0, 0.05) is 6.54 Å². The van der Waals surface area contributed by atoms with Crippen LogP contribution in [0.1, 0.15) is 23.5 Å². The van der Waals surface area contributed by atoms with Crippen LogP contribution >= 0.6 is 0 Å². The molecule has 3 nitrogen and oxygen atoms in total. The minimum absolute atomic E-state index is 0.101. The van der Waals surface area contributed by atoms with Gasteiger partial charge in [-0.3, -0.25) is 0 Å². The number of rotatable bonds is 3. The van der Waals surface area contributed by atoms with E-state index in [1.165, 1.54) is 20.3 Å². The van der Waals surface area contributed by atoms with Crippen molar-refractivity contribution in [3.8, 4) is 11.5 Å².